The number of nitrogens with zero attached hydrogens (tertiary/aromatic N) is 4. The zero-order valence-electron chi connectivity index (χ0n) is 16.0. The van der Waals surface area contributed by atoms with Gasteiger partial charge in [0.1, 0.15) is 11.6 Å². The first-order valence-corrected chi connectivity index (χ1v) is 9.17. The monoisotopic (exact) mass is 378 g/mol. The van der Waals surface area contributed by atoms with Gasteiger partial charge in [-0.05, 0) is 12.1 Å². The number of benzene rings is 1. The second kappa shape index (κ2) is 7.72. The molecule has 2 aromatic heterocycles. The lowest BCUT2D eigenvalue weighted by atomic mass is 10.1. The Balaban J connectivity index is 1.54. The van der Waals surface area contributed by atoms with E-state index in [-0.39, 0.29) is 5.91 Å². The molecule has 0 N–H and O–H groups in total. The van der Waals surface area contributed by atoms with Gasteiger partial charge in [-0.1, -0.05) is 18.2 Å². The highest BCUT2D eigenvalue weighted by Gasteiger charge is 2.25. The van der Waals surface area contributed by atoms with Crippen LogP contribution in [-0.2, 0) is 0 Å². The normalized spacial score (nSPS) is 14.2. The van der Waals surface area contributed by atoms with Gasteiger partial charge < -0.3 is 19.3 Å². The topological polar surface area (TPSA) is 67.8 Å². The maximum atomic E-state index is 13.2. The van der Waals surface area contributed by atoms with Crippen molar-refractivity contribution in [2.45, 2.75) is 0 Å². The third kappa shape index (κ3) is 3.43. The summed E-state index contributed by atoms with van der Waals surface area (Å²) in [6.45, 7) is 2.67. The lowest BCUT2D eigenvalue weighted by Gasteiger charge is -2.35. The van der Waals surface area contributed by atoms with E-state index in [2.05, 4.69) is 14.9 Å². The van der Waals surface area contributed by atoms with Crippen molar-refractivity contribution in [2.75, 3.05) is 45.3 Å². The van der Waals surface area contributed by atoms with Crippen LogP contribution >= 0.6 is 0 Å². The van der Waals surface area contributed by atoms with Crippen LogP contribution in [0.25, 0.3) is 10.9 Å². The van der Waals surface area contributed by atoms with Crippen molar-refractivity contribution >= 4 is 22.6 Å². The van der Waals surface area contributed by atoms with Gasteiger partial charge in [-0.3, -0.25) is 4.79 Å². The smallest absolute Gasteiger partial charge is 0.254 e. The van der Waals surface area contributed by atoms with E-state index in [0.29, 0.717) is 37.6 Å². The summed E-state index contributed by atoms with van der Waals surface area (Å²) in [6.07, 6.45) is 1.74. The van der Waals surface area contributed by atoms with Crippen LogP contribution < -0.4 is 14.4 Å². The molecule has 0 bridgehead atoms. The van der Waals surface area contributed by atoms with Crippen molar-refractivity contribution in [1.29, 1.82) is 0 Å². The minimum absolute atomic E-state index is 0.00449. The highest BCUT2D eigenvalue weighted by molar-refractivity contribution is 6.06. The van der Waals surface area contributed by atoms with Gasteiger partial charge in [-0.25, -0.2) is 9.97 Å². The molecule has 1 saturated heterocycles. The third-order valence-electron chi connectivity index (χ3n) is 4.98. The number of anilines is 1. The lowest BCUT2D eigenvalue weighted by Crippen LogP contribution is -2.49. The van der Waals surface area contributed by atoms with E-state index >= 15 is 0 Å². The summed E-state index contributed by atoms with van der Waals surface area (Å²) in [5, 5.41) is 0.838. The highest BCUT2D eigenvalue weighted by atomic mass is 16.5. The summed E-state index contributed by atoms with van der Waals surface area (Å²) in [7, 11) is 3.20. The summed E-state index contributed by atoms with van der Waals surface area (Å²) in [6, 6.07) is 13.1. The standard InChI is InChI=1S/C21H22N4O3/c1-27-15-7-8-22-19(13-15)24-9-11-25(12-10-24)21(26)17-14-20(28-2)23-18-6-4-3-5-16(17)18/h3-8,13-14H,9-12H2,1-2H3. The Kier molecular flexibility index (Phi) is 4.97. The second-order valence-corrected chi connectivity index (χ2v) is 6.56. The Morgan fingerprint density at radius 3 is 2.54 bits per heavy atom. The molecule has 4 rings (SSSR count). The fourth-order valence-corrected chi connectivity index (χ4v) is 3.44. The fraction of sp³-hybridized carbons (Fsp3) is 0.286. The summed E-state index contributed by atoms with van der Waals surface area (Å²) < 4.78 is 10.6. The van der Waals surface area contributed by atoms with E-state index < -0.39 is 0 Å². The van der Waals surface area contributed by atoms with E-state index in [1.165, 1.54) is 0 Å². The van der Waals surface area contributed by atoms with Crippen LogP contribution in [0.4, 0.5) is 5.82 Å². The number of rotatable bonds is 4. The van der Waals surface area contributed by atoms with Crippen LogP contribution in [0.1, 0.15) is 10.4 Å². The maximum absolute atomic E-state index is 13.2. The third-order valence-corrected chi connectivity index (χ3v) is 4.98. The molecular weight excluding hydrogens is 356 g/mol. The molecule has 1 aromatic carbocycles. The molecule has 0 radical (unpaired) electrons. The maximum Gasteiger partial charge on any atom is 0.254 e. The number of hydrogen-bond donors (Lipinski definition) is 0. The molecule has 1 aliphatic heterocycles. The quantitative estimate of drug-likeness (QED) is 0.695. The Morgan fingerprint density at radius 1 is 1.00 bits per heavy atom. The van der Waals surface area contributed by atoms with E-state index in [0.717, 1.165) is 22.5 Å². The Hall–Kier alpha value is -3.35. The van der Waals surface area contributed by atoms with Crippen molar-refractivity contribution in [3.63, 3.8) is 0 Å². The summed E-state index contributed by atoms with van der Waals surface area (Å²) >= 11 is 0. The number of carbonyl (C=O) groups is 1. The lowest BCUT2D eigenvalue weighted by molar-refractivity contribution is 0.0748. The molecule has 0 unspecified atom stereocenters. The average Bonchev–Trinajstić information content (AvgIpc) is 2.78. The minimum atomic E-state index is -0.00449. The number of methoxy groups -OCH3 is 2. The fourth-order valence-electron chi connectivity index (χ4n) is 3.44. The van der Waals surface area contributed by atoms with Crippen molar-refractivity contribution < 1.29 is 14.3 Å². The Labute approximate surface area is 163 Å². The zero-order valence-corrected chi connectivity index (χ0v) is 16.0. The molecule has 7 nitrogen and oxygen atoms in total. The van der Waals surface area contributed by atoms with Gasteiger partial charge in [0.05, 0.1) is 25.3 Å². The van der Waals surface area contributed by atoms with E-state index in [1.54, 1.807) is 26.5 Å². The molecule has 0 aliphatic carbocycles. The molecule has 3 aromatic rings. The van der Waals surface area contributed by atoms with Gasteiger partial charge in [0.2, 0.25) is 5.88 Å². The van der Waals surface area contributed by atoms with Crippen molar-refractivity contribution in [1.82, 2.24) is 14.9 Å². The molecular formula is C21H22N4O3. The number of piperazine rings is 1. The molecule has 0 saturated carbocycles. The van der Waals surface area contributed by atoms with Crippen LogP contribution in [0.15, 0.2) is 48.7 Å². The number of pyridine rings is 2. The van der Waals surface area contributed by atoms with Crippen molar-refractivity contribution in [3.8, 4) is 11.6 Å². The van der Waals surface area contributed by atoms with Crippen LogP contribution in [-0.4, -0.2) is 61.2 Å². The summed E-state index contributed by atoms with van der Waals surface area (Å²) in [5.74, 6) is 2.08. The van der Waals surface area contributed by atoms with Crippen LogP contribution in [0, 0.1) is 0 Å². The van der Waals surface area contributed by atoms with Crippen LogP contribution in [0.2, 0.25) is 0 Å². The molecule has 1 amide bonds. The van der Waals surface area contributed by atoms with Crippen LogP contribution in [0.3, 0.4) is 0 Å². The molecule has 144 valence electrons. The number of para-hydroxylation sites is 1. The second-order valence-electron chi connectivity index (χ2n) is 6.56. The molecule has 1 aliphatic rings. The predicted molar refractivity (Wildman–Crippen MR) is 107 cm³/mol. The molecule has 0 spiro atoms. The van der Waals surface area contributed by atoms with Crippen molar-refractivity contribution in [3.05, 3.63) is 54.2 Å². The Morgan fingerprint density at radius 2 is 1.79 bits per heavy atom. The first-order chi connectivity index (χ1) is 13.7. The average molecular weight is 378 g/mol. The first-order valence-electron chi connectivity index (χ1n) is 9.17. The van der Waals surface area contributed by atoms with E-state index in [4.69, 9.17) is 9.47 Å². The Bertz CT molecular complexity index is 1000. The molecule has 3 heterocycles. The number of aromatic nitrogens is 2. The molecule has 28 heavy (non-hydrogen) atoms. The number of hydrogen-bond acceptors (Lipinski definition) is 6. The predicted octanol–water partition coefficient (Wildman–Crippen LogP) is 2.61. The van der Waals surface area contributed by atoms with Gasteiger partial charge in [0.15, 0.2) is 0 Å². The van der Waals surface area contributed by atoms with Gasteiger partial charge in [-0.2, -0.15) is 0 Å². The van der Waals surface area contributed by atoms with Crippen molar-refractivity contribution in [2.24, 2.45) is 0 Å². The van der Waals surface area contributed by atoms with Gasteiger partial charge >= 0.3 is 0 Å². The van der Waals surface area contributed by atoms with Gasteiger partial charge in [0, 0.05) is 49.9 Å². The van der Waals surface area contributed by atoms with Crippen LogP contribution in [0.5, 0.6) is 11.6 Å². The van der Waals surface area contributed by atoms with E-state index in [9.17, 15) is 4.79 Å². The number of carbonyl (C=O) groups excluding carboxylic acids is 1. The highest BCUT2D eigenvalue weighted by Crippen LogP contribution is 2.25. The largest absolute Gasteiger partial charge is 0.497 e. The zero-order chi connectivity index (χ0) is 19.5. The molecule has 1 fully saturated rings. The first kappa shape index (κ1) is 18.0. The number of ether oxygens (including phenoxy) is 2. The van der Waals surface area contributed by atoms with E-state index in [1.807, 2.05) is 41.3 Å². The SMILES string of the molecule is COc1ccnc(N2CCN(C(=O)c3cc(OC)nc4ccccc34)CC2)c1. The van der Waals surface area contributed by atoms with Gasteiger partial charge in [-0.15, -0.1) is 0 Å². The summed E-state index contributed by atoms with van der Waals surface area (Å²) in [4.78, 5) is 26.1. The number of fused-ring (bicyclic) bond motifs is 1. The number of amides is 1. The summed E-state index contributed by atoms with van der Waals surface area (Å²) in [5.41, 5.74) is 1.37. The van der Waals surface area contributed by atoms with Gasteiger partial charge in [0.25, 0.3) is 5.91 Å². The molecule has 0 atom stereocenters. The molecule has 7 heteroatoms. The minimum Gasteiger partial charge on any atom is -0.497 e.